The third kappa shape index (κ3) is 6.26. The van der Waals surface area contributed by atoms with Crippen molar-refractivity contribution >= 4 is 27.2 Å². The lowest BCUT2D eigenvalue weighted by molar-refractivity contribution is -0.0498. The summed E-state index contributed by atoms with van der Waals surface area (Å²) in [6, 6.07) is 23.5. The van der Waals surface area contributed by atoms with Crippen molar-refractivity contribution in [3.63, 3.8) is 0 Å². The summed E-state index contributed by atoms with van der Waals surface area (Å²) >= 11 is 0. The molecule has 0 saturated heterocycles. The predicted molar refractivity (Wildman–Crippen MR) is 148 cm³/mol. The third-order valence-electron chi connectivity index (χ3n) is 6.17. The zero-order valence-corrected chi connectivity index (χ0v) is 22.0. The second-order valence-electron chi connectivity index (χ2n) is 8.99. The van der Waals surface area contributed by atoms with Crippen LogP contribution in [0.4, 0.5) is 19.3 Å². The molecule has 0 aliphatic carbocycles. The molecule has 11 heteroatoms. The number of hydrogen-bond acceptors (Lipinski definition) is 5. The van der Waals surface area contributed by atoms with E-state index in [4.69, 9.17) is 0 Å². The van der Waals surface area contributed by atoms with Gasteiger partial charge in [-0.2, -0.15) is 8.78 Å². The van der Waals surface area contributed by atoms with Crippen LogP contribution in [0.3, 0.4) is 0 Å². The summed E-state index contributed by atoms with van der Waals surface area (Å²) in [4.78, 5) is 17.0. The van der Waals surface area contributed by atoms with E-state index in [2.05, 4.69) is 20.4 Å². The number of amides is 2. The van der Waals surface area contributed by atoms with Gasteiger partial charge in [0.15, 0.2) is 9.84 Å². The summed E-state index contributed by atoms with van der Waals surface area (Å²) in [6.45, 7) is -2.62. The average molecular weight is 563 g/mol. The number of benzene rings is 3. The van der Waals surface area contributed by atoms with E-state index >= 15 is 0 Å². The van der Waals surface area contributed by atoms with Gasteiger partial charge in [-0.25, -0.2) is 18.2 Å². The molecule has 2 amide bonds. The Hall–Kier alpha value is -4.77. The van der Waals surface area contributed by atoms with Crippen molar-refractivity contribution in [3.8, 4) is 28.1 Å². The summed E-state index contributed by atoms with van der Waals surface area (Å²) in [5, 5.41) is 5.40. The Morgan fingerprint density at radius 1 is 0.925 bits per heavy atom. The molecule has 0 spiro atoms. The van der Waals surface area contributed by atoms with Crippen LogP contribution in [0, 0.1) is 0 Å². The van der Waals surface area contributed by atoms with E-state index in [1.165, 1.54) is 30.5 Å². The molecule has 204 valence electrons. The van der Waals surface area contributed by atoms with Crippen LogP contribution in [0.1, 0.15) is 5.56 Å². The Morgan fingerprint density at radius 3 is 2.25 bits per heavy atom. The fourth-order valence-electron chi connectivity index (χ4n) is 4.14. The molecule has 0 saturated carbocycles. The molecule has 3 aromatic carbocycles. The zero-order chi connectivity index (χ0) is 28.3. The number of ether oxygens (including phenoxy) is 1. The number of carbonyl (C=O) groups is 1. The first-order chi connectivity index (χ1) is 19.2. The number of alkyl halides is 2. The van der Waals surface area contributed by atoms with Gasteiger partial charge in [0.25, 0.3) is 0 Å². The fourth-order valence-corrected chi connectivity index (χ4v) is 4.77. The number of carbonyl (C=O) groups excluding carboxylic acids is 1. The molecule has 0 unspecified atom stereocenters. The van der Waals surface area contributed by atoms with Crippen molar-refractivity contribution in [2.45, 2.75) is 18.1 Å². The molecule has 0 fully saturated rings. The third-order valence-corrected chi connectivity index (χ3v) is 7.30. The maximum Gasteiger partial charge on any atom is 0.387 e. The van der Waals surface area contributed by atoms with E-state index in [-0.39, 0.29) is 17.2 Å². The summed E-state index contributed by atoms with van der Waals surface area (Å²) < 4.78 is 54.2. The standard InChI is InChI=1S/C29H24F2N4O4S/c1-40(37,38)25-12-6-20(7-13-25)22-14-15-35-26(18-32-27(35)16-22)21-4-2-19(3-5-21)17-33-29(36)34-23-8-10-24(11-9-23)39-28(30)31/h2-16,18,28H,17H2,1H3,(H2,33,34,36). The van der Waals surface area contributed by atoms with E-state index in [1.807, 2.05) is 47.0 Å². The monoisotopic (exact) mass is 562 g/mol. The van der Waals surface area contributed by atoms with Gasteiger partial charge >= 0.3 is 12.6 Å². The number of halogens is 2. The molecule has 0 aliphatic heterocycles. The highest BCUT2D eigenvalue weighted by Gasteiger charge is 2.11. The summed E-state index contributed by atoms with van der Waals surface area (Å²) in [7, 11) is -3.26. The first-order valence-electron chi connectivity index (χ1n) is 12.1. The minimum atomic E-state index is -3.26. The number of imidazole rings is 1. The highest BCUT2D eigenvalue weighted by atomic mass is 32.2. The average Bonchev–Trinajstić information content (AvgIpc) is 3.36. The minimum absolute atomic E-state index is 0.00804. The van der Waals surface area contributed by atoms with Gasteiger partial charge in [0, 0.05) is 30.2 Å². The summed E-state index contributed by atoms with van der Waals surface area (Å²) in [5.74, 6) is 0.00804. The number of aromatic nitrogens is 2. The molecule has 2 N–H and O–H groups in total. The molecule has 8 nitrogen and oxygen atoms in total. The van der Waals surface area contributed by atoms with Crippen LogP contribution in [-0.4, -0.2) is 36.7 Å². The quantitative estimate of drug-likeness (QED) is 0.242. The van der Waals surface area contributed by atoms with Gasteiger partial charge in [-0.15, -0.1) is 0 Å². The number of anilines is 1. The van der Waals surface area contributed by atoms with Crippen LogP contribution in [0.25, 0.3) is 28.0 Å². The number of nitrogens with one attached hydrogen (secondary N) is 2. The number of nitrogens with zero attached hydrogens (tertiary/aromatic N) is 2. The van der Waals surface area contributed by atoms with Crippen LogP contribution in [0.5, 0.6) is 5.75 Å². The second kappa shape index (κ2) is 11.1. The molecular formula is C29H24F2N4O4S. The highest BCUT2D eigenvalue weighted by molar-refractivity contribution is 7.90. The van der Waals surface area contributed by atoms with Crippen LogP contribution in [0.2, 0.25) is 0 Å². The molecule has 2 heterocycles. The van der Waals surface area contributed by atoms with Crippen molar-refractivity contribution in [2.24, 2.45) is 0 Å². The van der Waals surface area contributed by atoms with Gasteiger partial charge in [-0.05, 0) is 65.2 Å². The summed E-state index contributed by atoms with van der Waals surface area (Å²) in [6.07, 6.45) is 4.88. The number of sulfone groups is 1. The normalized spacial score (nSPS) is 11.5. The number of urea groups is 1. The lowest BCUT2D eigenvalue weighted by Gasteiger charge is -2.10. The van der Waals surface area contributed by atoms with Crippen molar-refractivity contribution in [1.82, 2.24) is 14.7 Å². The van der Waals surface area contributed by atoms with E-state index in [0.717, 1.165) is 33.6 Å². The zero-order valence-electron chi connectivity index (χ0n) is 21.2. The molecule has 0 atom stereocenters. The molecule has 0 bridgehead atoms. The van der Waals surface area contributed by atoms with Gasteiger partial charge in [-0.1, -0.05) is 36.4 Å². The Balaban J connectivity index is 1.22. The van der Waals surface area contributed by atoms with Crippen molar-refractivity contribution in [3.05, 3.63) is 103 Å². The van der Waals surface area contributed by atoms with Crippen LogP contribution >= 0.6 is 0 Å². The van der Waals surface area contributed by atoms with Crippen LogP contribution in [-0.2, 0) is 16.4 Å². The maximum atomic E-state index is 12.3. The second-order valence-corrected chi connectivity index (χ2v) is 11.0. The Kier molecular flexibility index (Phi) is 7.47. The lowest BCUT2D eigenvalue weighted by Crippen LogP contribution is -2.28. The fraction of sp³-hybridized carbons (Fsp3) is 0.103. The number of rotatable bonds is 8. The molecule has 5 aromatic rings. The van der Waals surface area contributed by atoms with Crippen molar-refractivity contribution in [2.75, 3.05) is 11.6 Å². The largest absolute Gasteiger partial charge is 0.435 e. The topological polar surface area (TPSA) is 102 Å². The Morgan fingerprint density at radius 2 is 1.60 bits per heavy atom. The Labute approximate surface area is 229 Å². The maximum absolute atomic E-state index is 12.3. The van der Waals surface area contributed by atoms with E-state index < -0.39 is 22.5 Å². The van der Waals surface area contributed by atoms with Crippen molar-refractivity contribution < 1.29 is 26.7 Å². The van der Waals surface area contributed by atoms with Crippen LogP contribution < -0.4 is 15.4 Å². The smallest absolute Gasteiger partial charge is 0.387 e. The first kappa shape index (κ1) is 26.8. The molecular weight excluding hydrogens is 538 g/mol. The molecule has 40 heavy (non-hydrogen) atoms. The van der Waals surface area contributed by atoms with Gasteiger partial charge < -0.3 is 15.4 Å². The minimum Gasteiger partial charge on any atom is -0.435 e. The molecule has 0 aliphatic rings. The van der Waals surface area contributed by atoms with Gasteiger partial charge in [-0.3, -0.25) is 4.40 Å². The van der Waals surface area contributed by atoms with E-state index in [0.29, 0.717) is 5.69 Å². The number of fused-ring (bicyclic) bond motifs is 1. The molecule has 0 radical (unpaired) electrons. The molecule has 5 rings (SSSR count). The number of hydrogen-bond donors (Lipinski definition) is 2. The predicted octanol–water partition coefficient (Wildman–Crippen LogP) is 5.99. The number of pyridine rings is 1. The van der Waals surface area contributed by atoms with Gasteiger partial charge in [0.05, 0.1) is 16.8 Å². The highest BCUT2D eigenvalue weighted by Crippen LogP contribution is 2.26. The van der Waals surface area contributed by atoms with Crippen LogP contribution in [0.15, 0.2) is 102 Å². The first-order valence-corrected chi connectivity index (χ1v) is 14.0. The van der Waals surface area contributed by atoms with E-state index in [1.54, 1.807) is 30.5 Å². The van der Waals surface area contributed by atoms with Gasteiger partial charge in [0.2, 0.25) is 0 Å². The molecule has 2 aromatic heterocycles. The SMILES string of the molecule is CS(=O)(=O)c1ccc(-c2ccn3c(-c4ccc(CNC(=O)Nc5ccc(OC(F)F)cc5)cc4)cnc3c2)cc1. The van der Waals surface area contributed by atoms with Gasteiger partial charge in [0.1, 0.15) is 11.4 Å². The van der Waals surface area contributed by atoms with Crippen molar-refractivity contribution in [1.29, 1.82) is 0 Å². The summed E-state index contributed by atoms with van der Waals surface area (Å²) in [5.41, 5.74) is 5.71. The van der Waals surface area contributed by atoms with E-state index in [9.17, 15) is 22.0 Å². The Bertz CT molecular complexity index is 1750. The lowest BCUT2D eigenvalue weighted by atomic mass is 10.1.